The number of carboxylic acid groups (broad SMARTS) is 1. The van der Waals surface area contributed by atoms with Crippen molar-refractivity contribution in [2.75, 3.05) is 0 Å². The van der Waals surface area contributed by atoms with E-state index < -0.39 is 5.97 Å². The summed E-state index contributed by atoms with van der Waals surface area (Å²) in [7, 11) is 0. The molecule has 0 aliphatic carbocycles. The van der Waals surface area contributed by atoms with E-state index in [-0.39, 0.29) is 11.5 Å². The second-order valence-corrected chi connectivity index (χ2v) is 5.12. The normalized spacial score (nSPS) is 10.3. The van der Waals surface area contributed by atoms with Gasteiger partial charge in [0.15, 0.2) is 0 Å². The van der Waals surface area contributed by atoms with Gasteiger partial charge in [0, 0.05) is 0 Å². The number of rotatable bonds is 4. The Bertz CT molecular complexity index is 560. The smallest absolute Gasteiger partial charge is 0.347 e. The van der Waals surface area contributed by atoms with Crippen LogP contribution in [0.5, 0.6) is 5.75 Å². The largest absolute Gasteiger partial charge is 0.487 e. The lowest BCUT2D eigenvalue weighted by atomic mass is 10.2. The van der Waals surface area contributed by atoms with Gasteiger partial charge < -0.3 is 9.84 Å². The number of carbonyl (C=O) groups is 1. The number of aryl methyl sites for hydroxylation is 2. The Morgan fingerprint density at radius 3 is 2.61 bits per heavy atom. The third-order valence-corrected chi connectivity index (χ3v) is 3.40. The van der Waals surface area contributed by atoms with Gasteiger partial charge in [-0.15, -0.1) is 11.3 Å². The molecule has 5 heteroatoms. The topological polar surface area (TPSA) is 59.4 Å². The molecule has 2 aromatic rings. The van der Waals surface area contributed by atoms with Crippen molar-refractivity contribution in [2.24, 2.45) is 0 Å². The highest BCUT2D eigenvalue weighted by Crippen LogP contribution is 2.20. The van der Waals surface area contributed by atoms with Crippen LogP contribution in [0.25, 0.3) is 0 Å². The van der Waals surface area contributed by atoms with Crippen molar-refractivity contribution in [3.8, 4) is 5.75 Å². The van der Waals surface area contributed by atoms with E-state index in [1.165, 1.54) is 11.3 Å². The SMILES string of the molecule is Cc1ccc(OCc2nc(C)sc2C(=O)O)cc1. The molecule has 0 saturated carbocycles. The second-order valence-electron chi connectivity index (χ2n) is 3.92. The minimum Gasteiger partial charge on any atom is -0.487 e. The van der Waals surface area contributed by atoms with Gasteiger partial charge in [0.2, 0.25) is 0 Å². The summed E-state index contributed by atoms with van der Waals surface area (Å²) in [6.07, 6.45) is 0. The summed E-state index contributed by atoms with van der Waals surface area (Å²) in [6.45, 7) is 3.96. The minimum atomic E-state index is -0.955. The molecule has 94 valence electrons. The van der Waals surface area contributed by atoms with Crippen molar-refractivity contribution >= 4 is 17.3 Å². The van der Waals surface area contributed by atoms with Gasteiger partial charge in [-0.25, -0.2) is 9.78 Å². The van der Waals surface area contributed by atoms with Crippen LogP contribution >= 0.6 is 11.3 Å². The summed E-state index contributed by atoms with van der Waals surface area (Å²) in [6, 6.07) is 7.60. The van der Waals surface area contributed by atoms with Crippen LogP contribution in [-0.4, -0.2) is 16.1 Å². The van der Waals surface area contributed by atoms with Crippen LogP contribution in [0.1, 0.15) is 25.9 Å². The third kappa shape index (κ3) is 2.87. The van der Waals surface area contributed by atoms with E-state index in [2.05, 4.69) is 4.98 Å². The molecule has 1 aromatic carbocycles. The summed E-state index contributed by atoms with van der Waals surface area (Å²) >= 11 is 1.17. The van der Waals surface area contributed by atoms with Gasteiger partial charge in [0.1, 0.15) is 22.9 Å². The molecule has 0 aliphatic rings. The molecule has 2 rings (SSSR count). The maximum absolute atomic E-state index is 11.0. The molecule has 0 atom stereocenters. The molecule has 1 aromatic heterocycles. The second kappa shape index (κ2) is 5.18. The van der Waals surface area contributed by atoms with E-state index in [4.69, 9.17) is 9.84 Å². The molecule has 1 N–H and O–H groups in total. The number of carboxylic acids is 1. The summed E-state index contributed by atoms with van der Waals surface area (Å²) in [5, 5.41) is 9.76. The summed E-state index contributed by atoms with van der Waals surface area (Å²) in [4.78, 5) is 15.4. The standard InChI is InChI=1S/C13H13NO3S/c1-8-3-5-10(6-4-8)17-7-11-12(13(15)16)18-9(2)14-11/h3-6H,7H2,1-2H3,(H,15,16). The van der Waals surface area contributed by atoms with Crippen LogP contribution in [0.15, 0.2) is 24.3 Å². The fourth-order valence-electron chi connectivity index (χ4n) is 1.52. The lowest BCUT2D eigenvalue weighted by Crippen LogP contribution is -2.03. The number of ether oxygens (including phenoxy) is 1. The predicted molar refractivity (Wildman–Crippen MR) is 69.3 cm³/mol. The highest BCUT2D eigenvalue weighted by Gasteiger charge is 2.15. The van der Waals surface area contributed by atoms with Crippen molar-refractivity contribution < 1.29 is 14.6 Å². The van der Waals surface area contributed by atoms with Crippen LogP contribution in [0, 0.1) is 13.8 Å². The van der Waals surface area contributed by atoms with Crippen LogP contribution in [0.2, 0.25) is 0 Å². The zero-order valence-corrected chi connectivity index (χ0v) is 11.0. The molecule has 0 fully saturated rings. The number of thiazole rings is 1. The number of hydrogen-bond acceptors (Lipinski definition) is 4. The average molecular weight is 263 g/mol. The maximum atomic E-state index is 11.0. The molecule has 0 radical (unpaired) electrons. The van der Waals surface area contributed by atoms with Gasteiger partial charge in [0.25, 0.3) is 0 Å². The molecule has 0 unspecified atom stereocenters. The number of aromatic carboxylic acids is 1. The quantitative estimate of drug-likeness (QED) is 0.921. The van der Waals surface area contributed by atoms with Gasteiger partial charge in [-0.1, -0.05) is 17.7 Å². The zero-order valence-electron chi connectivity index (χ0n) is 10.1. The average Bonchev–Trinajstić information content (AvgIpc) is 2.70. The Hall–Kier alpha value is -1.88. The molecule has 0 amide bonds. The molecular formula is C13H13NO3S. The molecule has 0 bridgehead atoms. The summed E-state index contributed by atoms with van der Waals surface area (Å²) < 4.78 is 5.53. The van der Waals surface area contributed by atoms with Crippen LogP contribution < -0.4 is 4.74 Å². The van der Waals surface area contributed by atoms with Crippen molar-refractivity contribution in [3.05, 3.63) is 45.4 Å². The Balaban J connectivity index is 2.10. The molecular weight excluding hydrogens is 250 g/mol. The number of benzene rings is 1. The van der Waals surface area contributed by atoms with E-state index in [1.807, 2.05) is 31.2 Å². The Labute approximate surface area is 109 Å². The molecule has 1 heterocycles. The Morgan fingerprint density at radius 1 is 1.33 bits per heavy atom. The predicted octanol–water partition coefficient (Wildman–Crippen LogP) is 3.04. The molecule has 0 spiro atoms. The highest BCUT2D eigenvalue weighted by molar-refractivity contribution is 7.13. The lowest BCUT2D eigenvalue weighted by molar-refractivity contribution is 0.0699. The summed E-state index contributed by atoms with van der Waals surface area (Å²) in [5.74, 6) is -0.245. The van der Waals surface area contributed by atoms with Crippen molar-refractivity contribution in [2.45, 2.75) is 20.5 Å². The lowest BCUT2D eigenvalue weighted by Gasteiger charge is -2.05. The fraction of sp³-hybridized carbons (Fsp3) is 0.231. The fourth-order valence-corrected chi connectivity index (χ4v) is 2.28. The van der Waals surface area contributed by atoms with Crippen molar-refractivity contribution in [1.29, 1.82) is 0 Å². The molecule has 0 saturated heterocycles. The molecule has 4 nitrogen and oxygen atoms in total. The van der Waals surface area contributed by atoms with E-state index in [9.17, 15) is 4.79 Å². The van der Waals surface area contributed by atoms with Gasteiger partial charge >= 0.3 is 5.97 Å². The first-order chi connectivity index (χ1) is 8.56. The maximum Gasteiger partial charge on any atom is 0.347 e. The first-order valence-corrected chi connectivity index (χ1v) is 6.27. The van der Waals surface area contributed by atoms with Gasteiger partial charge in [-0.2, -0.15) is 0 Å². The van der Waals surface area contributed by atoms with E-state index >= 15 is 0 Å². The van der Waals surface area contributed by atoms with E-state index in [0.717, 1.165) is 10.6 Å². The minimum absolute atomic E-state index is 0.176. The molecule has 0 aliphatic heterocycles. The highest BCUT2D eigenvalue weighted by atomic mass is 32.1. The third-order valence-electron chi connectivity index (χ3n) is 2.40. The number of aromatic nitrogens is 1. The first-order valence-electron chi connectivity index (χ1n) is 5.45. The Morgan fingerprint density at radius 2 is 2.00 bits per heavy atom. The van der Waals surface area contributed by atoms with Crippen molar-refractivity contribution in [1.82, 2.24) is 4.98 Å². The van der Waals surface area contributed by atoms with Crippen LogP contribution in [-0.2, 0) is 6.61 Å². The zero-order chi connectivity index (χ0) is 13.1. The van der Waals surface area contributed by atoms with Gasteiger partial charge in [0.05, 0.1) is 5.01 Å². The van der Waals surface area contributed by atoms with Gasteiger partial charge in [-0.05, 0) is 26.0 Å². The first kappa shape index (κ1) is 12.6. The van der Waals surface area contributed by atoms with Crippen LogP contribution in [0.4, 0.5) is 0 Å². The Kier molecular flexibility index (Phi) is 3.62. The van der Waals surface area contributed by atoms with Gasteiger partial charge in [-0.3, -0.25) is 0 Å². The van der Waals surface area contributed by atoms with Crippen molar-refractivity contribution in [3.63, 3.8) is 0 Å². The monoisotopic (exact) mass is 263 g/mol. The number of hydrogen-bond donors (Lipinski definition) is 1. The molecule has 18 heavy (non-hydrogen) atoms. The summed E-state index contributed by atoms with van der Waals surface area (Å²) in [5.41, 5.74) is 1.63. The van der Waals surface area contributed by atoms with E-state index in [1.54, 1.807) is 6.92 Å². The van der Waals surface area contributed by atoms with E-state index in [0.29, 0.717) is 11.4 Å². The number of nitrogens with zero attached hydrogens (tertiary/aromatic N) is 1. The van der Waals surface area contributed by atoms with Crippen LogP contribution in [0.3, 0.4) is 0 Å².